The van der Waals surface area contributed by atoms with E-state index in [-0.39, 0.29) is 11.1 Å². The number of nitrogens with zero attached hydrogens (tertiary/aromatic N) is 2. The fraction of sp³-hybridized carbons (Fsp3) is 0.0667. The van der Waals surface area contributed by atoms with Gasteiger partial charge in [-0.2, -0.15) is 0 Å². The zero-order valence-electron chi connectivity index (χ0n) is 12.5. The predicted octanol–water partition coefficient (Wildman–Crippen LogP) is 2.06. The number of non-ortho nitro benzene ring substituents is 2. The molecule has 0 spiro atoms. The molecule has 1 amide bonds. The average molecular weight is 345 g/mol. The van der Waals surface area contributed by atoms with E-state index in [0.717, 1.165) is 12.1 Å². The van der Waals surface area contributed by atoms with E-state index in [1.54, 1.807) is 18.2 Å². The van der Waals surface area contributed by atoms with Gasteiger partial charge in [-0.3, -0.25) is 25.0 Å². The average Bonchev–Trinajstić information content (AvgIpc) is 2.59. The molecule has 0 aliphatic heterocycles. The number of nitro groups is 2. The summed E-state index contributed by atoms with van der Waals surface area (Å²) in [6, 6.07) is 8.76. The van der Waals surface area contributed by atoms with Crippen LogP contribution in [0.5, 0.6) is 0 Å². The van der Waals surface area contributed by atoms with Gasteiger partial charge in [0.05, 0.1) is 21.5 Å². The first-order chi connectivity index (χ1) is 11.8. The van der Waals surface area contributed by atoms with Crippen molar-refractivity contribution in [1.29, 1.82) is 0 Å². The van der Waals surface area contributed by atoms with Crippen LogP contribution in [0, 0.1) is 20.2 Å². The molecule has 2 N–H and O–H groups in total. The number of carboxylic acid groups (broad SMARTS) is 1. The summed E-state index contributed by atoms with van der Waals surface area (Å²) in [4.78, 5) is 43.6. The summed E-state index contributed by atoms with van der Waals surface area (Å²) >= 11 is 0. The molecular weight excluding hydrogens is 334 g/mol. The maximum absolute atomic E-state index is 12.3. The minimum absolute atomic E-state index is 0.281. The quantitative estimate of drug-likeness (QED) is 0.600. The number of carbonyl (C=O) groups excluding carboxylic acids is 1. The largest absolute Gasteiger partial charge is 0.479 e. The number of benzene rings is 2. The van der Waals surface area contributed by atoms with E-state index in [9.17, 15) is 34.9 Å². The van der Waals surface area contributed by atoms with Gasteiger partial charge in [-0.05, 0) is 5.56 Å². The van der Waals surface area contributed by atoms with Gasteiger partial charge in [0.25, 0.3) is 17.3 Å². The van der Waals surface area contributed by atoms with Crippen LogP contribution in [0.15, 0.2) is 48.5 Å². The molecule has 10 heteroatoms. The molecule has 0 aliphatic rings. The van der Waals surface area contributed by atoms with Crippen LogP contribution in [0.25, 0.3) is 0 Å². The molecule has 2 aromatic carbocycles. The summed E-state index contributed by atoms with van der Waals surface area (Å²) < 4.78 is 0. The van der Waals surface area contributed by atoms with Gasteiger partial charge in [-0.15, -0.1) is 0 Å². The van der Waals surface area contributed by atoms with Gasteiger partial charge in [-0.1, -0.05) is 30.3 Å². The zero-order valence-corrected chi connectivity index (χ0v) is 12.5. The second-order valence-electron chi connectivity index (χ2n) is 4.91. The van der Waals surface area contributed by atoms with Gasteiger partial charge >= 0.3 is 5.97 Å². The highest BCUT2D eigenvalue weighted by molar-refractivity contribution is 5.98. The van der Waals surface area contributed by atoms with Crippen LogP contribution in [-0.2, 0) is 4.79 Å². The van der Waals surface area contributed by atoms with Gasteiger partial charge in [0.15, 0.2) is 6.04 Å². The standard InChI is InChI=1S/C15H11N3O7/c19-14(16-13(15(20)21)9-4-2-1-3-5-9)10-6-11(17(22)23)8-12(7-10)18(24)25/h1-8,13H,(H,16,19)(H,20,21). The Labute approximate surface area is 140 Å². The van der Waals surface area contributed by atoms with E-state index < -0.39 is 39.1 Å². The van der Waals surface area contributed by atoms with Crippen LogP contribution in [0.4, 0.5) is 11.4 Å². The molecule has 1 unspecified atom stereocenters. The van der Waals surface area contributed by atoms with Crippen molar-refractivity contribution >= 4 is 23.3 Å². The van der Waals surface area contributed by atoms with Crippen LogP contribution in [0.3, 0.4) is 0 Å². The lowest BCUT2D eigenvalue weighted by molar-refractivity contribution is -0.394. The highest BCUT2D eigenvalue weighted by atomic mass is 16.6. The third-order valence-corrected chi connectivity index (χ3v) is 3.24. The number of rotatable bonds is 6. The number of nitrogens with one attached hydrogen (secondary N) is 1. The van der Waals surface area contributed by atoms with E-state index in [1.165, 1.54) is 12.1 Å². The van der Waals surface area contributed by atoms with Gasteiger partial charge in [-0.25, -0.2) is 4.79 Å². The molecule has 2 aromatic rings. The molecule has 10 nitrogen and oxygen atoms in total. The fourth-order valence-corrected chi connectivity index (χ4v) is 2.08. The van der Waals surface area contributed by atoms with Crippen LogP contribution in [0.2, 0.25) is 0 Å². The third kappa shape index (κ3) is 4.13. The Morgan fingerprint density at radius 3 is 1.92 bits per heavy atom. The van der Waals surface area contributed by atoms with Crippen LogP contribution >= 0.6 is 0 Å². The molecule has 25 heavy (non-hydrogen) atoms. The summed E-state index contributed by atoms with van der Waals surface area (Å²) in [7, 11) is 0. The fourth-order valence-electron chi connectivity index (χ4n) is 2.08. The third-order valence-electron chi connectivity index (χ3n) is 3.24. The van der Waals surface area contributed by atoms with Crippen LogP contribution < -0.4 is 5.32 Å². The van der Waals surface area contributed by atoms with Crippen molar-refractivity contribution in [2.45, 2.75) is 6.04 Å². The smallest absolute Gasteiger partial charge is 0.330 e. The highest BCUT2D eigenvalue weighted by Gasteiger charge is 2.25. The maximum atomic E-state index is 12.3. The summed E-state index contributed by atoms with van der Waals surface area (Å²) in [5.74, 6) is -2.33. The minimum Gasteiger partial charge on any atom is -0.479 e. The molecule has 0 saturated carbocycles. The monoisotopic (exact) mass is 345 g/mol. The normalized spacial score (nSPS) is 11.4. The molecular formula is C15H11N3O7. The molecule has 2 rings (SSSR count). The summed E-state index contributed by atoms with van der Waals surface area (Å²) in [6.45, 7) is 0. The summed E-state index contributed by atoms with van der Waals surface area (Å²) in [6.07, 6.45) is 0. The lowest BCUT2D eigenvalue weighted by atomic mass is 10.1. The summed E-state index contributed by atoms with van der Waals surface area (Å²) in [5.41, 5.74) is -1.40. The lowest BCUT2D eigenvalue weighted by Crippen LogP contribution is -2.33. The van der Waals surface area contributed by atoms with E-state index in [0.29, 0.717) is 6.07 Å². The molecule has 0 heterocycles. The second-order valence-corrected chi connectivity index (χ2v) is 4.91. The Balaban J connectivity index is 2.37. The first kappa shape index (κ1) is 17.5. The van der Waals surface area contributed by atoms with Crippen molar-refractivity contribution < 1.29 is 24.5 Å². The molecule has 0 saturated heterocycles. The highest BCUT2D eigenvalue weighted by Crippen LogP contribution is 2.23. The van der Waals surface area contributed by atoms with Gasteiger partial charge in [0.2, 0.25) is 0 Å². The zero-order chi connectivity index (χ0) is 18.6. The molecule has 0 radical (unpaired) electrons. The predicted molar refractivity (Wildman–Crippen MR) is 84.0 cm³/mol. The molecule has 0 bridgehead atoms. The maximum Gasteiger partial charge on any atom is 0.330 e. The van der Waals surface area contributed by atoms with Crippen molar-refractivity contribution in [3.63, 3.8) is 0 Å². The molecule has 1 atom stereocenters. The van der Waals surface area contributed by atoms with E-state index in [1.807, 2.05) is 0 Å². The molecule has 0 aromatic heterocycles. The SMILES string of the molecule is O=C(NC(C(=O)O)c1ccccc1)c1cc([N+](=O)[O-])cc([N+](=O)[O-])c1. The summed E-state index contributed by atoms with van der Waals surface area (Å²) in [5, 5.41) is 33.2. The number of carboxylic acids is 1. The van der Waals surface area contributed by atoms with Crippen LogP contribution in [0.1, 0.15) is 22.0 Å². The minimum atomic E-state index is -1.41. The Bertz CT molecular complexity index is 819. The van der Waals surface area contributed by atoms with Crippen molar-refractivity contribution in [2.75, 3.05) is 0 Å². The Morgan fingerprint density at radius 1 is 0.960 bits per heavy atom. The lowest BCUT2D eigenvalue weighted by Gasteiger charge is -2.14. The number of amides is 1. The van der Waals surface area contributed by atoms with Crippen molar-refractivity contribution in [3.05, 3.63) is 79.9 Å². The number of hydrogen-bond donors (Lipinski definition) is 2. The second kappa shape index (κ2) is 7.17. The molecule has 0 aliphatic carbocycles. The van der Waals surface area contributed by atoms with Crippen LogP contribution in [-0.4, -0.2) is 26.8 Å². The van der Waals surface area contributed by atoms with Gasteiger partial charge in [0.1, 0.15) is 0 Å². The number of hydrogen-bond acceptors (Lipinski definition) is 6. The number of nitro benzene ring substituents is 2. The first-order valence-electron chi connectivity index (χ1n) is 6.82. The Hall–Kier alpha value is -3.82. The van der Waals surface area contributed by atoms with Crippen molar-refractivity contribution in [2.24, 2.45) is 0 Å². The van der Waals surface area contributed by atoms with E-state index >= 15 is 0 Å². The van der Waals surface area contributed by atoms with Gasteiger partial charge < -0.3 is 10.4 Å². The number of aliphatic carboxylic acids is 1. The number of carbonyl (C=O) groups is 2. The van der Waals surface area contributed by atoms with E-state index in [2.05, 4.69) is 5.32 Å². The van der Waals surface area contributed by atoms with E-state index in [4.69, 9.17) is 0 Å². The molecule has 128 valence electrons. The van der Waals surface area contributed by atoms with Crippen molar-refractivity contribution in [1.82, 2.24) is 5.32 Å². The van der Waals surface area contributed by atoms with Gasteiger partial charge in [0, 0.05) is 12.1 Å². The Kier molecular flexibility index (Phi) is 5.03. The first-order valence-corrected chi connectivity index (χ1v) is 6.82. The molecule has 0 fully saturated rings. The van der Waals surface area contributed by atoms with Crippen molar-refractivity contribution in [3.8, 4) is 0 Å². The topological polar surface area (TPSA) is 153 Å². The Morgan fingerprint density at radius 2 is 1.48 bits per heavy atom.